The third kappa shape index (κ3) is 3.39. The SMILES string of the molecule is COc1ccc(CBO/C=N/O)cc1. The summed E-state index contributed by atoms with van der Waals surface area (Å²) in [4.78, 5) is 0. The molecule has 5 heteroatoms. The van der Waals surface area contributed by atoms with Crippen molar-refractivity contribution in [3.05, 3.63) is 29.8 Å². The van der Waals surface area contributed by atoms with Gasteiger partial charge in [-0.3, -0.25) is 0 Å². The molecular formula is C9H12BNO3. The van der Waals surface area contributed by atoms with Gasteiger partial charge in [0.25, 0.3) is 0 Å². The molecule has 0 spiro atoms. The number of hydrogen-bond donors (Lipinski definition) is 1. The number of methoxy groups -OCH3 is 1. The highest BCUT2D eigenvalue weighted by Gasteiger charge is 1.96. The van der Waals surface area contributed by atoms with Crippen molar-refractivity contribution < 1.29 is 14.6 Å². The minimum absolute atomic E-state index is 0.496. The molecule has 0 saturated carbocycles. The minimum atomic E-state index is 0.496. The van der Waals surface area contributed by atoms with Gasteiger partial charge in [-0.05, 0) is 18.5 Å². The van der Waals surface area contributed by atoms with Crippen LogP contribution in [0, 0.1) is 0 Å². The highest BCUT2D eigenvalue weighted by molar-refractivity contribution is 6.28. The third-order valence-corrected chi connectivity index (χ3v) is 1.79. The highest BCUT2D eigenvalue weighted by Crippen LogP contribution is 2.11. The Hall–Kier alpha value is -1.65. The van der Waals surface area contributed by atoms with Crippen LogP contribution < -0.4 is 4.74 Å². The van der Waals surface area contributed by atoms with Crippen LogP contribution in [0.1, 0.15) is 5.56 Å². The van der Waals surface area contributed by atoms with Gasteiger partial charge in [0.2, 0.25) is 0 Å². The molecule has 1 aromatic carbocycles. The van der Waals surface area contributed by atoms with Gasteiger partial charge in [0.1, 0.15) is 5.75 Å². The van der Waals surface area contributed by atoms with Gasteiger partial charge < -0.3 is 14.6 Å². The summed E-state index contributed by atoms with van der Waals surface area (Å²) in [5, 5.41) is 10.8. The van der Waals surface area contributed by atoms with E-state index in [2.05, 4.69) is 5.16 Å². The average molecular weight is 193 g/mol. The van der Waals surface area contributed by atoms with Crippen molar-refractivity contribution in [3.8, 4) is 5.75 Å². The molecule has 0 atom stereocenters. The second-order valence-corrected chi connectivity index (χ2v) is 2.69. The van der Waals surface area contributed by atoms with Crippen LogP contribution in [0.25, 0.3) is 0 Å². The summed E-state index contributed by atoms with van der Waals surface area (Å²) in [5.74, 6) is 0.839. The predicted octanol–water partition coefficient (Wildman–Crippen LogP) is 0.981. The molecule has 0 amide bonds. The van der Waals surface area contributed by atoms with E-state index in [1.165, 1.54) is 0 Å². The van der Waals surface area contributed by atoms with E-state index in [4.69, 9.17) is 14.6 Å². The predicted molar refractivity (Wildman–Crippen MR) is 55.2 cm³/mol. The molecule has 0 aromatic heterocycles. The van der Waals surface area contributed by atoms with Crippen molar-refractivity contribution in [1.29, 1.82) is 0 Å². The molecule has 14 heavy (non-hydrogen) atoms. The first kappa shape index (κ1) is 10.4. The molecule has 0 unspecified atom stereocenters. The maximum atomic E-state index is 8.06. The molecule has 0 aliphatic heterocycles. The van der Waals surface area contributed by atoms with Crippen LogP contribution in [0.5, 0.6) is 5.75 Å². The molecule has 0 aliphatic carbocycles. The molecule has 0 aliphatic rings. The van der Waals surface area contributed by atoms with Gasteiger partial charge in [-0.15, -0.1) is 0 Å². The highest BCUT2D eigenvalue weighted by atomic mass is 16.5. The summed E-state index contributed by atoms with van der Waals surface area (Å²) in [7, 11) is 2.13. The number of nitrogens with zero attached hydrogens (tertiary/aromatic N) is 1. The van der Waals surface area contributed by atoms with Gasteiger partial charge in [0.15, 0.2) is 6.40 Å². The Bertz CT molecular complexity index is 287. The quantitative estimate of drug-likeness (QED) is 0.189. The van der Waals surface area contributed by atoms with Gasteiger partial charge in [0.05, 0.1) is 7.11 Å². The fraction of sp³-hybridized carbons (Fsp3) is 0.222. The summed E-state index contributed by atoms with van der Waals surface area (Å²) in [6.07, 6.45) is 1.79. The molecular weight excluding hydrogens is 181 g/mol. The Labute approximate surface area is 83.4 Å². The Morgan fingerprint density at radius 1 is 1.43 bits per heavy atom. The summed E-state index contributed by atoms with van der Waals surface area (Å²) >= 11 is 0. The first-order valence-corrected chi connectivity index (χ1v) is 4.27. The van der Waals surface area contributed by atoms with Crippen LogP contribution in [0.3, 0.4) is 0 Å². The van der Waals surface area contributed by atoms with E-state index in [1.54, 1.807) is 7.11 Å². The van der Waals surface area contributed by atoms with Crippen molar-refractivity contribution in [2.75, 3.05) is 7.11 Å². The molecule has 0 saturated heterocycles. The number of oxime groups is 1. The monoisotopic (exact) mass is 193 g/mol. The van der Waals surface area contributed by atoms with E-state index in [-0.39, 0.29) is 0 Å². The molecule has 4 nitrogen and oxygen atoms in total. The van der Waals surface area contributed by atoms with Crippen molar-refractivity contribution in [2.45, 2.75) is 6.32 Å². The van der Waals surface area contributed by atoms with E-state index >= 15 is 0 Å². The van der Waals surface area contributed by atoms with Crippen molar-refractivity contribution in [2.24, 2.45) is 5.16 Å². The van der Waals surface area contributed by atoms with Crippen LogP contribution in [0.15, 0.2) is 29.4 Å². The smallest absolute Gasteiger partial charge is 0.345 e. The van der Waals surface area contributed by atoms with E-state index in [1.807, 2.05) is 24.3 Å². The Morgan fingerprint density at radius 2 is 2.14 bits per heavy atom. The molecule has 1 N–H and O–H groups in total. The largest absolute Gasteiger partial charge is 0.554 e. The Kier molecular flexibility index (Phi) is 4.40. The summed E-state index contributed by atoms with van der Waals surface area (Å²) in [6, 6.07) is 7.74. The average Bonchev–Trinajstić information content (AvgIpc) is 2.25. The molecule has 0 bridgehead atoms. The van der Waals surface area contributed by atoms with Crippen molar-refractivity contribution in [3.63, 3.8) is 0 Å². The summed E-state index contributed by atoms with van der Waals surface area (Å²) in [6.45, 7) is 0. The summed E-state index contributed by atoms with van der Waals surface area (Å²) in [5.41, 5.74) is 1.15. The van der Waals surface area contributed by atoms with Gasteiger partial charge in [-0.1, -0.05) is 22.9 Å². The molecule has 1 aromatic rings. The van der Waals surface area contributed by atoms with E-state index in [9.17, 15) is 0 Å². The number of rotatable bonds is 5. The van der Waals surface area contributed by atoms with Crippen molar-refractivity contribution >= 4 is 13.9 Å². The maximum Gasteiger partial charge on any atom is 0.345 e. The zero-order valence-electron chi connectivity index (χ0n) is 8.01. The zero-order valence-corrected chi connectivity index (χ0v) is 8.01. The third-order valence-electron chi connectivity index (χ3n) is 1.79. The zero-order chi connectivity index (χ0) is 10.2. The van der Waals surface area contributed by atoms with Crippen LogP contribution in [0.4, 0.5) is 0 Å². The molecule has 1 rings (SSSR count). The topological polar surface area (TPSA) is 51.0 Å². The van der Waals surface area contributed by atoms with Crippen LogP contribution in [-0.2, 0) is 11.0 Å². The lowest BCUT2D eigenvalue weighted by Gasteiger charge is -2.01. The Morgan fingerprint density at radius 3 is 2.71 bits per heavy atom. The van der Waals surface area contributed by atoms with E-state index in [0.717, 1.165) is 24.0 Å². The second-order valence-electron chi connectivity index (χ2n) is 2.69. The minimum Gasteiger partial charge on any atom is -0.554 e. The van der Waals surface area contributed by atoms with Gasteiger partial charge in [0, 0.05) is 0 Å². The van der Waals surface area contributed by atoms with Gasteiger partial charge in [-0.2, -0.15) is 0 Å². The first-order chi connectivity index (χ1) is 6.86. The molecule has 0 radical (unpaired) electrons. The lowest BCUT2D eigenvalue weighted by molar-refractivity contribution is 0.310. The first-order valence-electron chi connectivity index (χ1n) is 4.27. The van der Waals surface area contributed by atoms with E-state index in [0.29, 0.717) is 7.48 Å². The summed E-state index contributed by atoms with van der Waals surface area (Å²) < 4.78 is 9.90. The normalized spacial score (nSPS) is 10.1. The van der Waals surface area contributed by atoms with Crippen LogP contribution in [0.2, 0.25) is 0 Å². The van der Waals surface area contributed by atoms with Gasteiger partial charge >= 0.3 is 7.48 Å². The fourth-order valence-electron chi connectivity index (χ4n) is 1.06. The standard InChI is InChI=1S/C9H12BNO3/c1-13-9-4-2-8(3-5-9)6-10-14-7-11-12/h2-5,7,10,12H,6H2,1H3/b11-7+. The second kappa shape index (κ2) is 5.91. The number of hydrogen-bond acceptors (Lipinski definition) is 4. The van der Waals surface area contributed by atoms with Crippen LogP contribution >= 0.6 is 0 Å². The lowest BCUT2D eigenvalue weighted by atomic mass is 9.89. The maximum absolute atomic E-state index is 8.06. The lowest BCUT2D eigenvalue weighted by Crippen LogP contribution is -2.01. The van der Waals surface area contributed by atoms with Crippen molar-refractivity contribution in [1.82, 2.24) is 0 Å². The van der Waals surface area contributed by atoms with E-state index < -0.39 is 0 Å². The van der Waals surface area contributed by atoms with Gasteiger partial charge in [-0.25, -0.2) is 0 Å². The fourth-order valence-corrected chi connectivity index (χ4v) is 1.06. The Balaban J connectivity index is 2.36. The number of ether oxygens (including phenoxy) is 1. The molecule has 74 valence electrons. The number of benzene rings is 1. The molecule has 0 fully saturated rings. The van der Waals surface area contributed by atoms with Crippen LogP contribution in [-0.4, -0.2) is 26.2 Å². The molecule has 0 heterocycles.